The number of aromatic nitrogens is 2. The Bertz CT molecular complexity index is 739. The highest BCUT2D eigenvalue weighted by atomic mass is 35.5. The van der Waals surface area contributed by atoms with Crippen LogP contribution < -0.4 is 4.73 Å². The van der Waals surface area contributed by atoms with Gasteiger partial charge in [-0.1, -0.05) is 17.7 Å². The Morgan fingerprint density at radius 1 is 1.33 bits per heavy atom. The molecule has 0 amide bonds. The van der Waals surface area contributed by atoms with Crippen LogP contribution in [0, 0.1) is 6.92 Å². The summed E-state index contributed by atoms with van der Waals surface area (Å²) < 4.78 is 2.07. The van der Waals surface area contributed by atoms with E-state index in [-0.39, 0.29) is 0 Å². The summed E-state index contributed by atoms with van der Waals surface area (Å²) in [7, 11) is 0. The van der Waals surface area contributed by atoms with Gasteiger partial charge in [-0.3, -0.25) is 5.21 Å². The molecule has 0 unspecified atom stereocenters. The topological polar surface area (TPSA) is 37.0 Å². The normalized spacial score (nSPS) is 11.0. The molecular weight excluding hydrogens is 268 g/mol. The molecule has 0 aliphatic heterocycles. The molecule has 90 valence electrons. The van der Waals surface area contributed by atoms with E-state index in [0.29, 0.717) is 5.02 Å². The van der Waals surface area contributed by atoms with E-state index in [1.165, 1.54) is 11.8 Å². The lowest BCUT2D eigenvalue weighted by atomic mass is 10.2. The summed E-state index contributed by atoms with van der Waals surface area (Å²) in [6.45, 7) is 2.04. The Hall–Kier alpha value is -1.65. The van der Waals surface area contributed by atoms with E-state index in [9.17, 15) is 5.21 Å². The van der Waals surface area contributed by atoms with Gasteiger partial charge in [-0.2, -0.15) is 0 Å². The van der Waals surface area contributed by atoms with Crippen LogP contribution in [0.1, 0.15) is 5.56 Å². The number of aryl methyl sites for hydroxylation is 1. The maximum atomic E-state index is 9.28. The second kappa shape index (κ2) is 4.23. The van der Waals surface area contributed by atoms with Gasteiger partial charge in [0.15, 0.2) is 0 Å². The van der Waals surface area contributed by atoms with Gasteiger partial charge in [0.2, 0.25) is 12.4 Å². The highest BCUT2D eigenvalue weighted by Gasteiger charge is 2.13. The fourth-order valence-corrected chi connectivity index (χ4v) is 3.08. The Morgan fingerprint density at radius 3 is 2.94 bits per heavy atom. The number of rotatable bonds is 1. The third-order valence-electron chi connectivity index (χ3n) is 2.67. The van der Waals surface area contributed by atoms with E-state index in [1.807, 2.05) is 6.92 Å². The SMILES string of the molecule is Cc1ccc2sc(-c3cc[n+](O)cc3Cl)nc2c1. The van der Waals surface area contributed by atoms with Crippen LogP contribution in [0.2, 0.25) is 5.02 Å². The highest BCUT2D eigenvalue weighted by Crippen LogP contribution is 2.33. The molecule has 3 aromatic rings. The summed E-state index contributed by atoms with van der Waals surface area (Å²) in [6, 6.07) is 7.94. The highest BCUT2D eigenvalue weighted by molar-refractivity contribution is 7.21. The van der Waals surface area contributed by atoms with E-state index in [2.05, 4.69) is 23.2 Å². The number of halogens is 1. The van der Waals surface area contributed by atoms with E-state index < -0.39 is 0 Å². The Labute approximate surface area is 113 Å². The minimum atomic E-state index is 0.482. The number of fused-ring (bicyclic) bond motifs is 1. The van der Waals surface area contributed by atoms with Gasteiger partial charge in [-0.25, -0.2) is 4.98 Å². The van der Waals surface area contributed by atoms with Gasteiger partial charge in [-0.05, 0) is 24.6 Å². The third kappa shape index (κ3) is 1.94. The van der Waals surface area contributed by atoms with Crippen molar-refractivity contribution >= 4 is 33.2 Å². The van der Waals surface area contributed by atoms with Gasteiger partial charge in [0.05, 0.1) is 10.2 Å². The lowest BCUT2D eigenvalue weighted by Crippen LogP contribution is -2.28. The van der Waals surface area contributed by atoms with Gasteiger partial charge in [0.1, 0.15) is 10.0 Å². The average Bonchev–Trinajstić information content (AvgIpc) is 2.71. The maximum Gasteiger partial charge on any atom is 0.241 e. The Morgan fingerprint density at radius 2 is 2.17 bits per heavy atom. The van der Waals surface area contributed by atoms with Crippen molar-refractivity contribution in [3.63, 3.8) is 0 Å². The predicted molar refractivity (Wildman–Crippen MR) is 72.2 cm³/mol. The molecule has 0 radical (unpaired) electrons. The van der Waals surface area contributed by atoms with Crippen molar-refractivity contribution in [2.75, 3.05) is 0 Å². The van der Waals surface area contributed by atoms with Crippen LogP contribution in [0.4, 0.5) is 0 Å². The van der Waals surface area contributed by atoms with Gasteiger partial charge < -0.3 is 0 Å². The van der Waals surface area contributed by atoms with Crippen LogP contribution in [-0.2, 0) is 0 Å². The molecule has 0 aliphatic rings. The van der Waals surface area contributed by atoms with Crippen molar-refractivity contribution in [2.45, 2.75) is 6.92 Å². The number of pyridine rings is 1. The average molecular weight is 278 g/mol. The lowest BCUT2D eigenvalue weighted by molar-refractivity contribution is -0.904. The number of hydrogen-bond donors (Lipinski definition) is 1. The maximum absolute atomic E-state index is 9.28. The zero-order valence-corrected chi connectivity index (χ0v) is 11.2. The zero-order valence-electron chi connectivity index (χ0n) is 9.59. The number of hydrogen-bond acceptors (Lipinski definition) is 3. The van der Waals surface area contributed by atoms with Crippen LogP contribution in [0.15, 0.2) is 36.7 Å². The van der Waals surface area contributed by atoms with Gasteiger partial charge in [-0.15, -0.1) is 11.3 Å². The van der Waals surface area contributed by atoms with Gasteiger partial charge >= 0.3 is 0 Å². The molecular formula is C13H10ClN2OS+. The molecule has 0 atom stereocenters. The first-order chi connectivity index (χ1) is 8.63. The van der Waals surface area contributed by atoms with Crippen molar-refractivity contribution in [3.8, 4) is 10.6 Å². The van der Waals surface area contributed by atoms with Crippen LogP contribution in [-0.4, -0.2) is 10.2 Å². The minimum absolute atomic E-state index is 0.482. The van der Waals surface area contributed by atoms with Gasteiger partial charge in [0.25, 0.3) is 0 Å². The number of benzene rings is 1. The van der Waals surface area contributed by atoms with E-state index in [1.54, 1.807) is 23.6 Å². The van der Waals surface area contributed by atoms with Crippen molar-refractivity contribution in [1.29, 1.82) is 0 Å². The molecule has 3 rings (SSSR count). The fraction of sp³-hybridized carbons (Fsp3) is 0.0769. The molecule has 2 aromatic heterocycles. The molecule has 0 saturated heterocycles. The third-order valence-corrected chi connectivity index (χ3v) is 4.04. The molecule has 0 bridgehead atoms. The first-order valence-corrected chi connectivity index (χ1v) is 6.60. The van der Waals surface area contributed by atoms with Gasteiger partial charge in [0, 0.05) is 16.4 Å². The van der Waals surface area contributed by atoms with Crippen molar-refractivity contribution in [1.82, 2.24) is 4.98 Å². The Kier molecular flexibility index (Phi) is 2.69. The van der Waals surface area contributed by atoms with E-state index in [4.69, 9.17) is 11.6 Å². The second-order valence-electron chi connectivity index (χ2n) is 4.08. The second-order valence-corrected chi connectivity index (χ2v) is 5.51. The molecule has 3 nitrogen and oxygen atoms in total. The Balaban J connectivity index is 2.19. The first-order valence-electron chi connectivity index (χ1n) is 5.41. The molecule has 0 spiro atoms. The van der Waals surface area contributed by atoms with E-state index in [0.717, 1.165) is 25.5 Å². The minimum Gasteiger partial charge on any atom is -0.285 e. The number of thiazole rings is 1. The molecule has 1 N–H and O–H groups in total. The summed E-state index contributed by atoms with van der Waals surface area (Å²) in [6.07, 6.45) is 2.99. The first kappa shape index (κ1) is 11.4. The number of nitrogens with zero attached hydrogens (tertiary/aromatic N) is 2. The standard InChI is InChI=1S/C13H10ClN2OS/c1-8-2-3-12-11(6-8)15-13(18-12)9-4-5-16(17)7-10(9)14/h2-7,17H,1H3/q+1. The molecule has 18 heavy (non-hydrogen) atoms. The van der Waals surface area contributed by atoms with Crippen molar-refractivity contribution in [2.24, 2.45) is 0 Å². The van der Waals surface area contributed by atoms with Crippen LogP contribution in [0.3, 0.4) is 0 Å². The predicted octanol–water partition coefficient (Wildman–Crippen LogP) is 3.45. The quantitative estimate of drug-likeness (QED) is 0.546. The summed E-state index contributed by atoms with van der Waals surface area (Å²) in [4.78, 5) is 4.58. The smallest absolute Gasteiger partial charge is 0.241 e. The van der Waals surface area contributed by atoms with Crippen molar-refractivity contribution < 1.29 is 9.94 Å². The van der Waals surface area contributed by atoms with Crippen LogP contribution >= 0.6 is 22.9 Å². The molecule has 0 saturated carbocycles. The van der Waals surface area contributed by atoms with Crippen LogP contribution in [0.5, 0.6) is 0 Å². The fourth-order valence-electron chi connectivity index (χ4n) is 1.79. The molecule has 0 fully saturated rings. The van der Waals surface area contributed by atoms with Crippen LogP contribution in [0.25, 0.3) is 20.8 Å². The van der Waals surface area contributed by atoms with E-state index >= 15 is 0 Å². The summed E-state index contributed by atoms with van der Waals surface area (Å²) in [5, 5.41) is 10.6. The molecule has 2 heterocycles. The summed E-state index contributed by atoms with van der Waals surface area (Å²) in [5.41, 5.74) is 3.00. The zero-order chi connectivity index (χ0) is 12.7. The summed E-state index contributed by atoms with van der Waals surface area (Å²) in [5.74, 6) is 0. The lowest BCUT2D eigenvalue weighted by Gasteiger charge is -1.95. The molecule has 5 heteroatoms. The molecule has 1 aromatic carbocycles. The van der Waals surface area contributed by atoms with Crippen molar-refractivity contribution in [3.05, 3.63) is 47.2 Å². The largest absolute Gasteiger partial charge is 0.285 e. The molecule has 0 aliphatic carbocycles. The monoisotopic (exact) mass is 277 g/mol. The summed E-state index contributed by atoms with van der Waals surface area (Å²) >= 11 is 7.70.